The molecular weight excluding hydrogens is 208 g/mol. The summed E-state index contributed by atoms with van der Waals surface area (Å²) in [6.07, 6.45) is 1.27. The van der Waals surface area contributed by atoms with E-state index in [2.05, 4.69) is 29.0 Å². The van der Waals surface area contributed by atoms with Gasteiger partial charge in [-0.25, -0.2) is 0 Å². The molecule has 1 saturated heterocycles. The van der Waals surface area contributed by atoms with E-state index in [1.807, 2.05) is 12.1 Å². The van der Waals surface area contributed by atoms with Gasteiger partial charge in [0.25, 0.3) is 0 Å². The van der Waals surface area contributed by atoms with Crippen molar-refractivity contribution in [1.29, 1.82) is 0 Å². The zero-order chi connectivity index (χ0) is 10.7. The smallest absolute Gasteiger partial charge is 0.0506 e. The van der Waals surface area contributed by atoms with E-state index in [-0.39, 0.29) is 0 Å². The van der Waals surface area contributed by atoms with Crippen LogP contribution in [-0.4, -0.2) is 36.6 Å². The molecule has 0 unspecified atom stereocenters. The van der Waals surface area contributed by atoms with Crippen LogP contribution in [0.25, 0.3) is 0 Å². The first-order chi connectivity index (χ1) is 7.24. The molecule has 0 aromatic heterocycles. The van der Waals surface area contributed by atoms with Gasteiger partial charge in [-0.05, 0) is 31.2 Å². The molecule has 1 heterocycles. The molecular formula is C12H17ClN2. The SMILES string of the molecule is CN1CCCN(Cc2ccc(Cl)cc2)C1. The fourth-order valence-corrected chi connectivity index (χ4v) is 2.15. The number of hydrogen-bond acceptors (Lipinski definition) is 2. The molecule has 0 amide bonds. The lowest BCUT2D eigenvalue weighted by Crippen LogP contribution is -2.42. The van der Waals surface area contributed by atoms with Gasteiger partial charge in [0.2, 0.25) is 0 Å². The largest absolute Gasteiger partial charge is 0.293 e. The number of benzene rings is 1. The van der Waals surface area contributed by atoms with E-state index in [0.717, 1.165) is 18.2 Å². The summed E-state index contributed by atoms with van der Waals surface area (Å²) in [5.74, 6) is 0. The molecule has 1 aliphatic rings. The molecule has 82 valence electrons. The Balaban J connectivity index is 1.93. The Bertz CT molecular complexity index is 310. The average molecular weight is 225 g/mol. The monoisotopic (exact) mass is 224 g/mol. The van der Waals surface area contributed by atoms with Gasteiger partial charge in [0, 0.05) is 24.7 Å². The second-order valence-electron chi connectivity index (χ2n) is 4.25. The van der Waals surface area contributed by atoms with E-state index in [4.69, 9.17) is 11.6 Å². The van der Waals surface area contributed by atoms with Gasteiger partial charge in [-0.15, -0.1) is 0 Å². The molecule has 2 nitrogen and oxygen atoms in total. The highest BCUT2D eigenvalue weighted by Crippen LogP contribution is 2.13. The fraction of sp³-hybridized carbons (Fsp3) is 0.500. The van der Waals surface area contributed by atoms with Crippen molar-refractivity contribution in [3.63, 3.8) is 0 Å². The highest BCUT2D eigenvalue weighted by atomic mass is 35.5. The lowest BCUT2D eigenvalue weighted by Gasteiger charge is -2.33. The zero-order valence-electron chi connectivity index (χ0n) is 9.12. The van der Waals surface area contributed by atoms with E-state index in [0.29, 0.717) is 0 Å². The Labute approximate surface area is 96.4 Å². The van der Waals surface area contributed by atoms with E-state index in [1.54, 1.807) is 0 Å². The summed E-state index contributed by atoms with van der Waals surface area (Å²) in [7, 11) is 2.17. The summed E-state index contributed by atoms with van der Waals surface area (Å²) in [5, 5.41) is 0.814. The maximum absolute atomic E-state index is 5.86. The van der Waals surface area contributed by atoms with Crippen molar-refractivity contribution in [3.8, 4) is 0 Å². The lowest BCUT2D eigenvalue weighted by atomic mass is 10.2. The van der Waals surface area contributed by atoms with Crippen LogP contribution in [0.1, 0.15) is 12.0 Å². The molecule has 1 aromatic rings. The van der Waals surface area contributed by atoms with Crippen molar-refractivity contribution < 1.29 is 0 Å². The first-order valence-corrected chi connectivity index (χ1v) is 5.77. The third-order valence-corrected chi connectivity index (χ3v) is 3.03. The molecule has 0 N–H and O–H groups in total. The van der Waals surface area contributed by atoms with Crippen molar-refractivity contribution >= 4 is 11.6 Å². The minimum absolute atomic E-state index is 0.814. The van der Waals surface area contributed by atoms with Crippen molar-refractivity contribution in [2.45, 2.75) is 13.0 Å². The number of hydrogen-bond donors (Lipinski definition) is 0. The van der Waals surface area contributed by atoms with E-state index < -0.39 is 0 Å². The van der Waals surface area contributed by atoms with Crippen molar-refractivity contribution in [2.75, 3.05) is 26.8 Å². The van der Waals surface area contributed by atoms with Crippen LogP contribution in [0.5, 0.6) is 0 Å². The van der Waals surface area contributed by atoms with Crippen LogP contribution in [0.15, 0.2) is 24.3 Å². The molecule has 1 aromatic carbocycles. The first-order valence-electron chi connectivity index (χ1n) is 5.39. The molecule has 0 atom stereocenters. The first kappa shape index (κ1) is 10.9. The highest BCUT2D eigenvalue weighted by Gasteiger charge is 2.13. The maximum Gasteiger partial charge on any atom is 0.0506 e. The summed E-state index contributed by atoms with van der Waals surface area (Å²) in [6, 6.07) is 8.14. The van der Waals surface area contributed by atoms with E-state index in [1.165, 1.54) is 25.1 Å². The summed E-state index contributed by atoms with van der Waals surface area (Å²) in [6.45, 7) is 4.52. The Morgan fingerprint density at radius 2 is 1.93 bits per heavy atom. The fourth-order valence-electron chi connectivity index (χ4n) is 2.02. The molecule has 0 bridgehead atoms. The molecule has 1 aliphatic heterocycles. The van der Waals surface area contributed by atoms with Crippen LogP contribution in [0.4, 0.5) is 0 Å². The Kier molecular flexibility index (Phi) is 3.62. The quantitative estimate of drug-likeness (QED) is 0.762. The normalized spacial score (nSPS) is 19.3. The maximum atomic E-state index is 5.86. The number of halogens is 1. The third-order valence-electron chi connectivity index (χ3n) is 2.78. The van der Waals surface area contributed by atoms with Crippen LogP contribution < -0.4 is 0 Å². The van der Waals surface area contributed by atoms with Crippen LogP contribution in [-0.2, 0) is 6.54 Å². The molecule has 0 spiro atoms. The highest BCUT2D eigenvalue weighted by molar-refractivity contribution is 6.30. The van der Waals surface area contributed by atoms with E-state index in [9.17, 15) is 0 Å². The molecule has 0 saturated carbocycles. The third kappa shape index (κ3) is 3.20. The van der Waals surface area contributed by atoms with Crippen molar-refractivity contribution in [2.24, 2.45) is 0 Å². The second-order valence-corrected chi connectivity index (χ2v) is 4.69. The van der Waals surface area contributed by atoms with Crippen LogP contribution >= 0.6 is 11.6 Å². The topological polar surface area (TPSA) is 6.48 Å². The van der Waals surface area contributed by atoms with Gasteiger partial charge >= 0.3 is 0 Å². The molecule has 0 aliphatic carbocycles. The molecule has 2 rings (SSSR count). The molecule has 0 radical (unpaired) electrons. The van der Waals surface area contributed by atoms with Gasteiger partial charge in [-0.3, -0.25) is 9.80 Å². The molecule has 15 heavy (non-hydrogen) atoms. The van der Waals surface area contributed by atoms with Gasteiger partial charge in [-0.2, -0.15) is 0 Å². The van der Waals surface area contributed by atoms with Gasteiger partial charge in [-0.1, -0.05) is 23.7 Å². The van der Waals surface area contributed by atoms with E-state index >= 15 is 0 Å². The Hall–Kier alpha value is -0.570. The summed E-state index contributed by atoms with van der Waals surface area (Å²) < 4.78 is 0. The van der Waals surface area contributed by atoms with Gasteiger partial charge in [0.15, 0.2) is 0 Å². The lowest BCUT2D eigenvalue weighted by molar-refractivity contribution is 0.101. The number of nitrogens with zero attached hydrogens (tertiary/aromatic N) is 2. The minimum Gasteiger partial charge on any atom is -0.293 e. The van der Waals surface area contributed by atoms with Crippen molar-refractivity contribution in [3.05, 3.63) is 34.9 Å². The summed E-state index contributed by atoms with van der Waals surface area (Å²) >= 11 is 5.86. The minimum atomic E-state index is 0.814. The number of rotatable bonds is 2. The van der Waals surface area contributed by atoms with Gasteiger partial charge < -0.3 is 0 Å². The zero-order valence-corrected chi connectivity index (χ0v) is 9.87. The standard InChI is InChI=1S/C12H17ClN2/c1-14-7-2-8-15(10-14)9-11-3-5-12(13)6-4-11/h3-6H,2,7-10H2,1H3. The second kappa shape index (κ2) is 4.97. The van der Waals surface area contributed by atoms with Crippen LogP contribution in [0, 0.1) is 0 Å². The Morgan fingerprint density at radius 1 is 1.20 bits per heavy atom. The van der Waals surface area contributed by atoms with Crippen LogP contribution in [0.3, 0.4) is 0 Å². The molecule has 3 heteroatoms. The predicted octanol–water partition coefficient (Wildman–Crippen LogP) is 2.44. The average Bonchev–Trinajstić information content (AvgIpc) is 2.22. The van der Waals surface area contributed by atoms with Crippen molar-refractivity contribution in [1.82, 2.24) is 9.80 Å². The predicted molar refractivity (Wildman–Crippen MR) is 64.0 cm³/mol. The van der Waals surface area contributed by atoms with Gasteiger partial charge in [0.05, 0.1) is 6.67 Å². The summed E-state index contributed by atoms with van der Waals surface area (Å²) in [4.78, 5) is 4.83. The molecule has 1 fully saturated rings. The Morgan fingerprint density at radius 3 is 2.60 bits per heavy atom. The summed E-state index contributed by atoms with van der Waals surface area (Å²) in [5.41, 5.74) is 1.34. The van der Waals surface area contributed by atoms with Gasteiger partial charge in [0.1, 0.15) is 0 Å². The van der Waals surface area contributed by atoms with Crippen LogP contribution in [0.2, 0.25) is 5.02 Å².